The van der Waals surface area contributed by atoms with E-state index in [-0.39, 0.29) is 0 Å². The fourth-order valence-electron chi connectivity index (χ4n) is 8.01. The summed E-state index contributed by atoms with van der Waals surface area (Å²) in [6, 6.07) is 52.1. The van der Waals surface area contributed by atoms with E-state index in [9.17, 15) is 0 Å². The smallest absolute Gasteiger partial charge is 0.237 e. The maximum absolute atomic E-state index is 5.51. The molecule has 4 heteroatoms. The van der Waals surface area contributed by atoms with Gasteiger partial charge in [0.05, 0.1) is 27.6 Å². The normalized spacial score (nSPS) is 12.3. The highest BCUT2D eigenvalue weighted by Crippen LogP contribution is 2.46. The molecule has 0 bridgehead atoms. The lowest BCUT2D eigenvalue weighted by atomic mass is 9.91. The maximum Gasteiger partial charge on any atom is 0.237 e. The van der Waals surface area contributed by atoms with Crippen LogP contribution in [0.1, 0.15) is 0 Å². The molecule has 0 fully saturated rings. The molecule has 0 radical (unpaired) electrons. The molecule has 0 aliphatic carbocycles. The van der Waals surface area contributed by atoms with Gasteiger partial charge in [-0.25, -0.2) is 4.98 Å². The van der Waals surface area contributed by atoms with E-state index in [2.05, 4.69) is 155 Å². The minimum absolute atomic E-state index is 0.667. The van der Waals surface area contributed by atoms with E-state index < -0.39 is 0 Å². The van der Waals surface area contributed by atoms with Gasteiger partial charge in [-0.3, -0.25) is 9.13 Å². The lowest BCUT2D eigenvalue weighted by Crippen LogP contribution is -2.07. The van der Waals surface area contributed by atoms with Gasteiger partial charge in [0.1, 0.15) is 0 Å². The highest BCUT2D eigenvalue weighted by Gasteiger charge is 2.24. The fourth-order valence-corrected chi connectivity index (χ4v) is 8.01. The van der Waals surface area contributed by atoms with Crippen molar-refractivity contribution in [2.24, 2.45) is 0 Å². The predicted molar refractivity (Wildman–Crippen MR) is 192 cm³/mol. The van der Waals surface area contributed by atoms with Crippen molar-refractivity contribution in [2.45, 2.75) is 0 Å². The summed E-state index contributed by atoms with van der Waals surface area (Å²) in [7, 11) is 0. The van der Waals surface area contributed by atoms with Gasteiger partial charge in [0, 0.05) is 32.3 Å². The fraction of sp³-hybridized carbons (Fsp3) is 0. The van der Waals surface area contributed by atoms with Crippen molar-refractivity contribution in [3.63, 3.8) is 0 Å². The quantitative estimate of drug-likeness (QED) is 0.190. The molecule has 3 aromatic heterocycles. The number of hydrogen-bond acceptors (Lipinski definition) is 2. The standard InChI is InChI=1S/C42H24N4/c1-2-13-26-25(12-1)24-37-40-38(26)30-17-4-3-14-27(30)31-19-11-23-36(39(31)40)46(37)42-43-33-20-8-5-18-32(33)41(44-42)45-34-21-9-6-15-28(34)29-16-7-10-22-35(29)45/h1-24H. The summed E-state index contributed by atoms with van der Waals surface area (Å²) >= 11 is 0. The number of nitrogens with zero attached hydrogens (tertiary/aromatic N) is 4. The average Bonchev–Trinajstić information content (AvgIpc) is 3.63. The molecule has 0 aliphatic rings. The first-order valence-electron chi connectivity index (χ1n) is 15.7. The Morgan fingerprint density at radius 2 is 0.913 bits per heavy atom. The second-order valence-corrected chi connectivity index (χ2v) is 12.2. The van der Waals surface area contributed by atoms with Gasteiger partial charge in [0.2, 0.25) is 5.95 Å². The molecule has 8 aromatic carbocycles. The molecule has 212 valence electrons. The highest BCUT2D eigenvalue weighted by molar-refractivity contribution is 6.39. The number of hydrogen-bond donors (Lipinski definition) is 0. The van der Waals surface area contributed by atoms with Crippen LogP contribution in [0.2, 0.25) is 0 Å². The minimum atomic E-state index is 0.667. The van der Waals surface area contributed by atoms with E-state index in [1.807, 2.05) is 0 Å². The van der Waals surface area contributed by atoms with Gasteiger partial charge in [-0.1, -0.05) is 109 Å². The molecule has 0 atom stereocenters. The number of aromatic nitrogens is 4. The summed E-state index contributed by atoms with van der Waals surface area (Å²) in [6.07, 6.45) is 0. The van der Waals surface area contributed by atoms with E-state index in [0.29, 0.717) is 5.95 Å². The zero-order valence-electron chi connectivity index (χ0n) is 24.6. The zero-order chi connectivity index (χ0) is 29.9. The molecule has 3 heterocycles. The Balaban J connectivity index is 1.36. The summed E-state index contributed by atoms with van der Waals surface area (Å²) < 4.78 is 4.60. The first kappa shape index (κ1) is 24.1. The van der Waals surface area contributed by atoms with E-state index in [0.717, 1.165) is 38.8 Å². The first-order valence-corrected chi connectivity index (χ1v) is 15.7. The maximum atomic E-state index is 5.51. The van der Waals surface area contributed by atoms with Crippen molar-refractivity contribution in [2.75, 3.05) is 0 Å². The van der Waals surface area contributed by atoms with Crippen LogP contribution in [0.3, 0.4) is 0 Å². The van der Waals surface area contributed by atoms with Crippen molar-refractivity contribution >= 4 is 86.8 Å². The monoisotopic (exact) mass is 584 g/mol. The Bertz CT molecular complexity index is 2980. The van der Waals surface area contributed by atoms with Gasteiger partial charge in [-0.15, -0.1) is 0 Å². The van der Waals surface area contributed by atoms with Crippen LogP contribution in [-0.4, -0.2) is 19.1 Å². The third-order valence-electron chi connectivity index (χ3n) is 9.85. The number of benzene rings is 8. The average molecular weight is 585 g/mol. The number of rotatable bonds is 2. The van der Waals surface area contributed by atoms with Crippen LogP contribution in [-0.2, 0) is 0 Å². The Kier molecular flexibility index (Phi) is 4.55. The summed E-state index contributed by atoms with van der Waals surface area (Å²) in [5.74, 6) is 1.54. The van der Waals surface area contributed by atoms with Crippen LogP contribution in [0.5, 0.6) is 0 Å². The van der Waals surface area contributed by atoms with Crippen LogP contribution in [0.4, 0.5) is 0 Å². The molecule has 0 amide bonds. The van der Waals surface area contributed by atoms with Crippen LogP contribution >= 0.6 is 0 Å². The third-order valence-corrected chi connectivity index (χ3v) is 9.85. The zero-order valence-corrected chi connectivity index (χ0v) is 24.6. The van der Waals surface area contributed by atoms with Gasteiger partial charge < -0.3 is 0 Å². The summed E-state index contributed by atoms with van der Waals surface area (Å²) in [4.78, 5) is 10.8. The Morgan fingerprint density at radius 1 is 0.348 bits per heavy atom. The Hall–Kier alpha value is -6.26. The van der Waals surface area contributed by atoms with Gasteiger partial charge in [0.25, 0.3) is 0 Å². The molecular weight excluding hydrogens is 560 g/mol. The van der Waals surface area contributed by atoms with Crippen LogP contribution in [0, 0.1) is 0 Å². The molecule has 0 spiro atoms. The van der Waals surface area contributed by atoms with E-state index in [4.69, 9.17) is 9.97 Å². The molecular formula is C42H24N4. The first-order chi connectivity index (χ1) is 22.8. The van der Waals surface area contributed by atoms with Gasteiger partial charge in [-0.2, -0.15) is 4.98 Å². The summed E-state index contributed by atoms with van der Waals surface area (Å²) in [5, 5.41) is 13.5. The van der Waals surface area contributed by atoms with Crippen molar-refractivity contribution < 1.29 is 0 Å². The van der Waals surface area contributed by atoms with Crippen molar-refractivity contribution in [3.8, 4) is 11.8 Å². The van der Waals surface area contributed by atoms with E-state index in [1.54, 1.807) is 0 Å². The molecule has 11 rings (SSSR count). The van der Waals surface area contributed by atoms with Crippen molar-refractivity contribution in [1.29, 1.82) is 0 Å². The van der Waals surface area contributed by atoms with Gasteiger partial charge in [-0.05, 0) is 63.3 Å². The largest absolute Gasteiger partial charge is 0.293 e. The molecule has 0 N–H and O–H groups in total. The second-order valence-electron chi connectivity index (χ2n) is 12.2. The molecule has 11 aromatic rings. The molecule has 46 heavy (non-hydrogen) atoms. The van der Waals surface area contributed by atoms with Crippen LogP contribution < -0.4 is 0 Å². The van der Waals surface area contributed by atoms with Crippen molar-refractivity contribution in [3.05, 3.63) is 146 Å². The number of fused-ring (bicyclic) bond motifs is 9. The van der Waals surface area contributed by atoms with Crippen molar-refractivity contribution in [1.82, 2.24) is 19.1 Å². The topological polar surface area (TPSA) is 35.6 Å². The predicted octanol–water partition coefficient (Wildman–Crippen LogP) is 10.7. The van der Waals surface area contributed by atoms with Crippen LogP contribution in [0.25, 0.3) is 98.6 Å². The molecule has 0 aliphatic heterocycles. The van der Waals surface area contributed by atoms with E-state index in [1.165, 1.54) is 53.9 Å². The Labute approximate surface area is 262 Å². The lowest BCUT2D eigenvalue weighted by molar-refractivity contribution is 0.973. The van der Waals surface area contributed by atoms with Crippen LogP contribution in [0.15, 0.2) is 146 Å². The summed E-state index contributed by atoms with van der Waals surface area (Å²) in [5.41, 5.74) is 5.40. The molecule has 4 nitrogen and oxygen atoms in total. The molecule has 0 unspecified atom stereocenters. The summed E-state index contributed by atoms with van der Waals surface area (Å²) in [6.45, 7) is 0. The second kappa shape index (κ2) is 8.68. The van der Waals surface area contributed by atoms with E-state index >= 15 is 0 Å². The van der Waals surface area contributed by atoms with Gasteiger partial charge >= 0.3 is 0 Å². The lowest BCUT2D eigenvalue weighted by Gasteiger charge is -2.14. The SMILES string of the molecule is c1ccc2c(c1)cc1c3c2c2ccccc2c2cccc(c23)n1-c1nc(-n2c3ccccc3c3ccccc32)c2ccccc2n1. The van der Waals surface area contributed by atoms with Gasteiger partial charge in [0.15, 0.2) is 5.82 Å². The third kappa shape index (κ3) is 2.98. The number of para-hydroxylation sites is 3. The molecule has 0 saturated heterocycles. The Morgan fingerprint density at radius 3 is 1.70 bits per heavy atom. The molecule has 0 saturated carbocycles. The highest BCUT2D eigenvalue weighted by atomic mass is 15.2. The minimum Gasteiger partial charge on any atom is -0.293 e.